The van der Waals surface area contributed by atoms with Crippen molar-refractivity contribution < 1.29 is 4.42 Å². The summed E-state index contributed by atoms with van der Waals surface area (Å²) in [5.41, 5.74) is 10.8. The van der Waals surface area contributed by atoms with Crippen molar-refractivity contribution in [2.24, 2.45) is 0 Å². The lowest BCUT2D eigenvalue weighted by molar-refractivity contribution is 0.669. The normalized spacial score (nSPS) is 11.7. The lowest BCUT2D eigenvalue weighted by atomic mass is 9.94. The van der Waals surface area contributed by atoms with Gasteiger partial charge in [0.25, 0.3) is 0 Å². The molecule has 0 spiro atoms. The summed E-state index contributed by atoms with van der Waals surface area (Å²) in [6.45, 7) is 0. The van der Waals surface area contributed by atoms with Crippen molar-refractivity contribution in [3.63, 3.8) is 0 Å². The van der Waals surface area contributed by atoms with E-state index >= 15 is 0 Å². The molecule has 0 bridgehead atoms. The van der Waals surface area contributed by atoms with Gasteiger partial charge in [-0.05, 0) is 83.1 Å². The van der Waals surface area contributed by atoms with E-state index in [4.69, 9.17) is 4.42 Å². The number of anilines is 3. The van der Waals surface area contributed by atoms with Gasteiger partial charge in [0.1, 0.15) is 11.2 Å². The minimum atomic E-state index is 0.869. The van der Waals surface area contributed by atoms with Crippen LogP contribution in [0.25, 0.3) is 71.3 Å². The standard InChI is InChI=1S/C46H30N2O/c1-3-15-34(16-4-1)47(36-25-26-38-37-19-10-12-22-43(37)49-44(38)30-36)41-27-28-42-46(45(41)33-24-23-31-13-7-8-14-32(31)29-33)39-20-9-11-21-40(39)48(42)35-17-5-2-6-18-35/h1-30H. The lowest BCUT2D eigenvalue weighted by Crippen LogP contribution is -2.11. The molecule has 0 aliphatic rings. The van der Waals surface area contributed by atoms with Crippen molar-refractivity contribution in [1.29, 1.82) is 0 Å². The first-order chi connectivity index (χ1) is 24.3. The van der Waals surface area contributed by atoms with Crippen LogP contribution in [0.2, 0.25) is 0 Å². The maximum absolute atomic E-state index is 6.43. The third-order valence-electron chi connectivity index (χ3n) is 9.74. The van der Waals surface area contributed by atoms with Crippen LogP contribution < -0.4 is 4.90 Å². The van der Waals surface area contributed by atoms with Gasteiger partial charge in [0.05, 0.1) is 16.7 Å². The predicted octanol–water partition coefficient (Wildman–Crippen LogP) is 13.0. The van der Waals surface area contributed by atoms with E-state index in [2.05, 4.69) is 179 Å². The van der Waals surface area contributed by atoms with Gasteiger partial charge in [0.2, 0.25) is 0 Å². The molecule has 10 aromatic rings. The average molecular weight is 627 g/mol. The molecule has 2 heterocycles. The van der Waals surface area contributed by atoms with E-state index in [0.29, 0.717) is 0 Å². The van der Waals surface area contributed by atoms with E-state index in [0.717, 1.165) is 44.7 Å². The third-order valence-corrected chi connectivity index (χ3v) is 9.74. The highest BCUT2D eigenvalue weighted by Gasteiger charge is 2.24. The van der Waals surface area contributed by atoms with E-state index in [-0.39, 0.29) is 0 Å². The second-order valence-electron chi connectivity index (χ2n) is 12.6. The topological polar surface area (TPSA) is 21.3 Å². The molecular formula is C46H30N2O. The molecule has 0 amide bonds. The highest BCUT2D eigenvalue weighted by molar-refractivity contribution is 6.19. The van der Waals surface area contributed by atoms with Crippen LogP contribution in [0.1, 0.15) is 0 Å². The lowest BCUT2D eigenvalue weighted by Gasteiger charge is -2.28. The Labute approximate surface area is 283 Å². The fraction of sp³-hybridized carbons (Fsp3) is 0. The van der Waals surface area contributed by atoms with Crippen LogP contribution in [-0.4, -0.2) is 4.57 Å². The molecule has 0 N–H and O–H groups in total. The second-order valence-corrected chi connectivity index (χ2v) is 12.6. The number of para-hydroxylation sites is 4. The molecule has 0 radical (unpaired) electrons. The Hall–Kier alpha value is -6.58. The predicted molar refractivity (Wildman–Crippen MR) is 206 cm³/mol. The van der Waals surface area contributed by atoms with E-state index < -0.39 is 0 Å². The quantitative estimate of drug-likeness (QED) is 0.190. The Kier molecular flexibility index (Phi) is 6.18. The number of furan rings is 1. The van der Waals surface area contributed by atoms with Crippen molar-refractivity contribution in [3.05, 3.63) is 182 Å². The van der Waals surface area contributed by atoms with Crippen LogP contribution >= 0.6 is 0 Å². The largest absolute Gasteiger partial charge is 0.456 e. The van der Waals surface area contributed by atoms with Gasteiger partial charge < -0.3 is 13.9 Å². The van der Waals surface area contributed by atoms with E-state index in [1.165, 1.54) is 43.7 Å². The van der Waals surface area contributed by atoms with Gasteiger partial charge in [0, 0.05) is 50.2 Å². The van der Waals surface area contributed by atoms with Crippen molar-refractivity contribution in [2.75, 3.05) is 4.90 Å². The minimum Gasteiger partial charge on any atom is -0.456 e. The summed E-state index contributed by atoms with van der Waals surface area (Å²) in [5, 5.41) is 7.11. The van der Waals surface area contributed by atoms with E-state index in [9.17, 15) is 0 Å². The minimum absolute atomic E-state index is 0.869. The fourth-order valence-corrected chi connectivity index (χ4v) is 7.59. The first kappa shape index (κ1) is 27.5. The number of benzene rings is 8. The van der Waals surface area contributed by atoms with Crippen molar-refractivity contribution in [1.82, 2.24) is 4.57 Å². The molecule has 10 rings (SSSR count). The number of hydrogen-bond donors (Lipinski definition) is 0. The van der Waals surface area contributed by atoms with Crippen LogP contribution in [0.3, 0.4) is 0 Å². The van der Waals surface area contributed by atoms with Gasteiger partial charge in [0.15, 0.2) is 0 Å². The van der Waals surface area contributed by atoms with Gasteiger partial charge in [-0.15, -0.1) is 0 Å². The number of rotatable bonds is 5. The molecule has 0 saturated carbocycles. The summed E-state index contributed by atoms with van der Waals surface area (Å²) in [6.07, 6.45) is 0. The van der Waals surface area contributed by atoms with E-state index in [1.54, 1.807) is 0 Å². The van der Waals surface area contributed by atoms with E-state index in [1.807, 2.05) is 12.1 Å². The molecule has 230 valence electrons. The zero-order valence-electron chi connectivity index (χ0n) is 26.6. The first-order valence-electron chi connectivity index (χ1n) is 16.7. The molecule has 0 saturated heterocycles. The Morgan fingerprint density at radius 2 is 1.12 bits per heavy atom. The summed E-state index contributed by atoms with van der Waals surface area (Å²) in [7, 11) is 0. The summed E-state index contributed by atoms with van der Waals surface area (Å²) in [5.74, 6) is 0. The van der Waals surface area contributed by atoms with Crippen LogP contribution in [0.15, 0.2) is 186 Å². The van der Waals surface area contributed by atoms with Gasteiger partial charge in [-0.3, -0.25) is 0 Å². The van der Waals surface area contributed by atoms with Crippen LogP contribution in [0.5, 0.6) is 0 Å². The van der Waals surface area contributed by atoms with Gasteiger partial charge in [-0.1, -0.05) is 109 Å². The van der Waals surface area contributed by atoms with Crippen molar-refractivity contribution in [3.8, 4) is 16.8 Å². The molecule has 0 aliphatic heterocycles. The molecule has 0 aliphatic carbocycles. The number of fused-ring (bicyclic) bond motifs is 7. The number of nitrogens with zero attached hydrogens (tertiary/aromatic N) is 2. The summed E-state index contributed by atoms with van der Waals surface area (Å²) < 4.78 is 8.82. The van der Waals surface area contributed by atoms with Crippen LogP contribution in [-0.2, 0) is 0 Å². The summed E-state index contributed by atoms with van der Waals surface area (Å²) >= 11 is 0. The number of aromatic nitrogens is 1. The Morgan fingerprint density at radius 1 is 0.429 bits per heavy atom. The Balaban J connectivity index is 1.33. The maximum atomic E-state index is 6.43. The SMILES string of the molecule is c1ccc(N(c2ccc3c(c2)oc2ccccc23)c2ccc3c(c2-c2ccc4ccccc4c2)c2ccccc2n3-c2ccccc2)cc1. The van der Waals surface area contributed by atoms with Crippen molar-refractivity contribution >= 4 is 71.6 Å². The highest BCUT2D eigenvalue weighted by Crippen LogP contribution is 2.48. The highest BCUT2D eigenvalue weighted by atomic mass is 16.3. The zero-order valence-corrected chi connectivity index (χ0v) is 26.6. The number of hydrogen-bond acceptors (Lipinski definition) is 2. The van der Waals surface area contributed by atoms with Gasteiger partial charge in [-0.2, -0.15) is 0 Å². The first-order valence-corrected chi connectivity index (χ1v) is 16.7. The fourth-order valence-electron chi connectivity index (χ4n) is 7.59. The molecule has 3 heteroatoms. The van der Waals surface area contributed by atoms with Gasteiger partial charge in [-0.25, -0.2) is 0 Å². The summed E-state index contributed by atoms with van der Waals surface area (Å²) in [6, 6.07) is 65.0. The Bertz CT molecular complexity index is 2830. The van der Waals surface area contributed by atoms with Crippen LogP contribution in [0.4, 0.5) is 17.1 Å². The van der Waals surface area contributed by atoms with Gasteiger partial charge >= 0.3 is 0 Å². The Morgan fingerprint density at radius 3 is 1.98 bits per heavy atom. The molecule has 8 aromatic carbocycles. The molecule has 49 heavy (non-hydrogen) atoms. The summed E-state index contributed by atoms with van der Waals surface area (Å²) in [4.78, 5) is 2.38. The molecule has 0 fully saturated rings. The smallest absolute Gasteiger partial charge is 0.137 e. The molecule has 0 atom stereocenters. The average Bonchev–Trinajstić information content (AvgIpc) is 3.71. The molecule has 0 unspecified atom stereocenters. The monoisotopic (exact) mass is 626 g/mol. The molecule has 3 nitrogen and oxygen atoms in total. The third kappa shape index (κ3) is 4.37. The molecule has 2 aromatic heterocycles. The molecular weight excluding hydrogens is 597 g/mol. The second kappa shape index (κ2) is 11.0. The van der Waals surface area contributed by atoms with Crippen LogP contribution in [0, 0.1) is 0 Å². The maximum Gasteiger partial charge on any atom is 0.137 e. The zero-order chi connectivity index (χ0) is 32.3. The van der Waals surface area contributed by atoms with Crippen molar-refractivity contribution in [2.45, 2.75) is 0 Å².